The zero-order chi connectivity index (χ0) is 16.5. The zero-order valence-electron chi connectivity index (χ0n) is 13.3. The van der Waals surface area contributed by atoms with Gasteiger partial charge in [0.1, 0.15) is 11.4 Å². The van der Waals surface area contributed by atoms with Gasteiger partial charge in [0.2, 0.25) is 0 Å². The Morgan fingerprint density at radius 2 is 2.17 bits per heavy atom. The van der Waals surface area contributed by atoms with E-state index in [4.69, 9.17) is 0 Å². The molecular weight excluding hydrogens is 302 g/mol. The maximum atomic E-state index is 12.6. The van der Waals surface area contributed by atoms with Gasteiger partial charge >= 0.3 is 0 Å². The molecule has 1 amide bonds. The average Bonchev–Trinajstić information content (AvgIpc) is 3.17. The number of fused-ring (bicyclic) bond motifs is 1. The molecule has 1 aliphatic rings. The Bertz CT molecular complexity index is 860. The third-order valence-electron chi connectivity index (χ3n) is 4.39. The first-order valence-corrected chi connectivity index (χ1v) is 7.95. The van der Waals surface area contributed by atoms with Gasteiger partial charge in [-0.15, -0.1) is 0 Å². The van der Waals surface area contributed by atoms with Crippen molar-refractivity contribution in [2.24, 2.45) is 0 Å². The van der Waals surface area contributed by atoms with Crippen LogP contribution in [0.4, 0.5) is 0 Å². The maximum Gasteiger partial charge on any atom is 0.270 e. The largest absolute Gasteiger partial charge is 0.357 e. The molecular formula is C18H17N5O. The van der Waals surface area contributed by atoms with Crippen molar-refractivity contribution >= 4 is 5.91 Å². The van der Waals surface area contributed by atoms with E-state index in [1.54, 1.807) is 18.5 Å². The van der Waals surface area contributed by atoms with E-state index in [1.165, 1.54) is 0 Å². The van der Waals surface area contributed by atoms with Crippen LogP contribution in [0, 0.1) is 0 Å². The Balaban J connectivity index is 1.64. The molecule has 0 fully saturated rings. The number of pyridine rings is 1. The monoisotopic (exact) mass is 319 g/mol. The number of carbonyl (C=O) groups is 1. The standard InChI is InChI=1S/C18H17N5O/c1-12-13-11-21-17(15-5-2-3-8-19-15)22-14(13)7-10-23(12)18(24)16-6-4-9-20-16/h2-6,8-9,11-12,20H,7,10H2,1H3. The van der Waals surface area contributed by atoms with E-state index in [2.05, 4.69) is 19.9 Å². The summed E-state index contributed by atoms with van der Waals surface area (Å²) in [4.78, 5) is 30.9. The Hall–Kier alpha value is -3.02. The summed E-state index contributed by atoms with van der Waals surface area (Å²) in [6.45, 7) is 2.66. The highest BCUT2D eigenvalue weighted by Gasteiger charge is 2.30. The third kappa shape index (κ3) is 2.46. The van der Waals surface area contributed by atoms with Crippen molar-refractivity contribution in [3.8, 4) is 11.5 Å². The Kier molecular flexibility index (Phi) is 3.57. The summed E-state index contributed by atoms with van der Waals surface area (Å²) in [7, 11) is 0. The molecule has 0 aliphatic carbocycles. The molecule has 0 saturated heterocycles. The average molecular weight is 319 g/mol. The predicted molar refractivity (Wildman–Crippen MR) is 89.2 cm³/mol. The molecule has 1 aliphatic heterocycles. The van der Waals surface area contributed by atoms with Crippen molar-refractivity contribution in [1.29, 1.82) is 0 Å². The smallest absolute Gasteiger partial charge is 0.270 e. The van der Waals surface area contributed by atoms with Gasteiger partial charge < -0.3 is 9.88 Å². The van der Waals surface area contributed by atoms with Gasteiger partial charge in [0, 0.05) is 37.1 Å². The van der Waals surface area contributed by atoms with Crippen LogP contribution in [-0.4, -0.2) is 37.3 Å². The molecule has 3 aromatic rings. The third-order valence-corrected chi connectivity index (χ3v) is 4.39. The summed E-state index contributed by atoms with van der Waals surface area (Å²) in [6, 6.07) is 9.26. The summed E-state index contributed by atoms with van der Waals surface area (Å²) >= 11 is 0. The number of carbonyl (C=O) groups excluding carboxylic acids is 1. The van der Waals surface area contributed by atoms with Crippen LogP contribution in [0.2, 0.25) is 0 Å². The highest BCUT2D eigenvalue weighted by atomic mass is 16.2. The van der Waals surface area contributed by atoms with E-state index in [1.807, 2.05) is 42.3 Å². The maximum absolute atomic E-state index is 12.6. The molecule has 0 aromatic carbocycles. The van der Waals surface area contributed by atoms with Crippen LogP contribution in [0.3, 0.4) is 0 Å². The summed E-state index contributed by atoms with van der Waals surface area (Å²) in [5.74, 6) is 0.637. The van der Waals surface area contributed by atoms with Crippen LogP contribution >= 0.6 is 0 Å². The van der Waals surface area contributed by atoms with Crippen molar-refractivity contribution in [3.05, 3.63) is 65.9 Å². The fourth-order valence-electron chi connectivity index (χ4n) is 3.08. The van der Waals surface area contributed by atoms with Crippen molar-refractivity contribution in [3.63, 3.8) is 0 Å². The number of hydrogen-bond donors (Lipinski definition) is 1. The minimum Gasteiger partial charge on any atom is -0.357 e. The van der Waals surface area contributed by atoms with E-state index < -0.39 is 0 Å². The first-order valence-electron chi connectivity index (χ1n) is 7.95. The van der Waals surface area contributed by atoms with E-state index in [0.29, 0.717) is 24.5 Å². The van der Waals surface area contributed by atoms with Crippen LogP contribution in [0.1, 0.15) is 34.7 Å². The molecule has 6 nitrogen and oxygen atoms in total. The molecule has 0 spiro atoms. The number of aromatic amines is 1. The van der Waals surface area contributed by atoms with E-state index in [0.717, 1.165) is 17.0 Å². The van der Waals surface area contributed by atoms with Crippen LogP contribution in [0.25, 0.3) is 11.5 Å². The summed E-state index contributed by atoms with van der Waals surface area (Å²) in [5.41, 5.74) is 3.36. The molecule has 120 valence electrons. The molecule has 0 radical (unpaired) electrons. The Morgan fingerprint density at radius 1 is 1.25 bits per heavy atom. The van der Waals surface area contributed by atoms with Gasteiger partial charge in [-0.1, -0.05) is 6.07 Å². The lowest BCUT2D eigenvalue weighted by Crippen LogP contribution is -2.39. The lowest BCUT2D eigenvalue weighted by atomic mass is 9.99. The van der Waals surface area contributed by atoms with Crippen molar-refractivity contribution in [1.82, 2.24) is 24.8 Å². The number of amides is 1. The Morgan fingerprint density at radius 3 is 2.92 bits per heavy atom. The number of aromatic nitrogens is 4. The number of nitrogens with zero attached hydrogens (tertiary/aromatic N) is 4. The lowest BCUT2D eigenvalue weighted by molar-refractivity contribution is 0.0670. The highest BCUT2D eigenvalue weighted by Crippen LogP contribution is 2.29. The van der Waals surface area contributed by atoms with Crippen molar-refractivity contribution < 1.29 is 4.79 Å². The molecule has 1 unspecified atom stereocenters. The normalized spacial score (nSPS) is 16.7. The summed E-state index contributed by atoms with van der Waals surface area (Å²) in [6.07, 6.45) is 6.04. The molecule has 4 rings (SSSR count). The van der Waals surface area contributed by atoms with E-state index >= 15 is 0 Å². The van der Waals surface area contributed by atoms with Crippen molar-refractivity contribution in [2.75, 3.05) is 6.54 Å². The minimum atomic E-state index is -0.0534. The second kappa shape index (κ2) is 5.88. The van der Waals surface area contributed by atoms with Crippen LogP contribution in [0.15, 0.2) is 48.9 Å². The fourth-order valence-corrected chi connectivity index (χ4v) is 3.08. The topological polar surface area (TPSA) is 74.8 Å². The molecule has 1 atom stereocenters. The zero-order valence-corrected chi connectivity index (χ0v) is 13.3. The van der Waals surface area contributed by atoms with Gasteiger partial charge in [0.15, 0.2) is 5.82 Å². The first-order chi connectivity index (χ1) is 11.7. The molecule has 1 N–H and O–H groups in total. The predicted octanol–water partition coefficient (Wildman–Crippen LogP) is 2.63. The van der Waals surface area contributed by atoms with Gasteiger partial charge in [0.25, 0.3) is 5.91 Å². The van der Waals surface area contributed by atoms with Crippen LogP contribution in [0.5, 0.6) is 0 Å². The molecule has 4 heterocycles. The van der Waals surface area contributed by atoms with Crippen molar-refractivity contribution in [2.45, 2.75) is 19.4 Å². The second-order valence-electron chi connectivity index (χ2n) is 5.82. The molecule has 0 saturated carbocycles. The summed E-state index contributed by atoms with van der Waals surface area (Å²) in [5, 5.41) is 0. The second-order valence-corrected chi connectivity index (χ2v) is 5.82. The van der Waals surface area contributed by atoms with Crippen LogP contribution in [-0.2, 0) is 6.42 Å². The fraction of sp³-hybridized carbons (Fsp3) is 0.222. The molecule has 3 aromatic heterocycles. The number of H-pyrrole nitrogens is 1. The lowest BCUT2D eigenvalue weighted by Gasteiger charge is -2.34. The highest BCUT2D eigenvalue weighted by molar-refractivity contribution is 5.92. The number of nitrogens with one attached hydrogen (secondary N) is 1. The van der Waals surface area contributed by atoms with Gasteiger partial charge in [-0.2, -0.15) is 0 Å². The number of rotatable bonds is 2. The van der Waals surface area contributed by atoms with Gasteiger partial charge in [-0.25, -0.2) is 9.97 Å². The Labute approximate surface area is 139 Å². The van der Waals surface area contributed by atoms with E-state index in [9.17, 15) is 4.79 Å². The van der Waals surface area contributed by atoms with Gasteiger partial charge in [0.05, 0.1) is 11.7 Å². The van der Waals surface area contributed by atoms with Gasteiger partial charge in [-0.3, -0.25) is 9.78 Å². The van der Waals surface area contributed by atoms with E-state index in [-0.39, 0.29) is 11.9 Å². The van der Waals surface area contributed by atoms with Gasteiger partial charge in [-0.05, 0) is 31.2 Å². The SMILES string of the molecule is CC1c2cnc(-c3ccccn3)nc2CCN1C(=O)c1ccc[nH]1. The summed E-state index contributed by atoms with van der Waals surface area (Å²) < 4.78 is 0. The number of hydrogen-bond acceptors (Lipinski definition) is 4. The first kappa shape index (κ1) is 14.6. The molecule has 24 heavy (non-hydrogen) atoms. The molecule has 0 bridgehead atoms. The quantitative estimate of drug-likeness (QED) is 0.788. The van der Waals surface area contributed by atoms with Crippen LogP contribution < -0.4 is 0 Å². The molecule has 6 heteroatoms. The minimum absolute atomic E-state index is 0.00644.